The Bertz CT molecular complexity index is 426. The van der Waals surface area contributed by atoms with Crippen molar-refractivity contribution in [2.75, 3.05) is 45.3 Å². The van der Waals surface area contributed by atoms with E-state index in [0.717, 1.165) is 24.3 Å². The third-order valence-electron chi connectivity index (χ3n) is 2.98. The average Bonchev–Trinajstić information content (AvgIpc) is 2.50. The zero-order valence-corrected chi connectivity index (χ0v) is 13.2. The number of rotatable bonds is 10. The van der Waals surface area contributed by atoms with Gasteiger partial charge in [0.2, 0.25) is 5.91 Å². The fourth-order valence-electron chi connectivity index (χ4n) is 1.92. The van der Waals surface area contributed by atoms with E-state index in [1.54, 1.807) is 13.3 Å². The minimum absolute atomic E-state index is 0.0169. The summed E-state index contributed by atoms with van der Waals surface area (Å²) in [6.07, 6.45) is 2.68. The van der Waals surface area contributed by atoms with Crippen LogP contribution in [0.2, 0.25) is 0 Å². The molecule has 1 amide bonds. The Morgan fingerprint density at radius 1 is 1.43 bits per heavy atom. The monoisotopic (exact) mass is 294 g/mol. The molecule has 0 aliphatic rings. The lowest BCUT2D eigenvalue weighted by molar-refractivity contribution is -0.119. The Labute approximate surface area is 126 Å². The summed E-state index contributed by atoms with van der Waals surface area (Å²) in [6, 6.07) is 3.92. The van der Waals surface area contributed by atoms with Crippen LogP contribution in [0.3, 0.4) is 0 Å². The number of hydrogen-bond donors (Lipinski definition) is 2. The molecular weight excluding hydrogens is 268 g/mol. The van der Waals surface area contributed by atoms with Crippen molar-refractivity contribution < 1.29 is 9.53 Å². The number of carbonyl (C=O) groups is 1. The number of pyridine rings is 1. The number of methoxy groups -OCH3 is 1. The second kappa shape index (κ2) is 10.1. The summed E-state index contributed by atoms with van der Waals surface area (Å²) in [5.41, 5.74) is 1.07. The quantitative estimate of drug-likeness (QED) is 0.624. The van der Waals surface area contributed by atoms with Crippen molar-refractivity contribution in [1.29, 1.82) is 0 Å². The van der Waals surface area contributed by atoms with Crippen LogP contribution >= 0.6 is 0 Å². The number of ether oxygens (including phenoxy) is 1. The SMILES string of the molecule is CCCNC(=O)CN(C)c1ncccc1CNCCOC. The highest BCUT2D eigenvalue weighted by Crippen LogP contribution is 2.15. The molecule has 118 valence electrons. The summed E-state index contributed by atoms with van der Waals surface area (Å²) in [4.78, 5) is 18.0. The van der Waals surface area contributed by atoms with Crippen molar-refractivity contribution in [3.05, 3.63) is 23.9 Å². The highest BCUT2D eigenvalue weighted by Gasteiger charge is 2.11. The van der Waals surface area contributed by atoms with E-state index < -0.39 is 0 Å². The average molecular weight is 294 g/mol. The molecule has 2 N–H and O–H groups in total. The topological polar surface area (TPSA) is 66.5 Å². The fourth-order valence-corrected chi connectivity index (χ4v) is 1.92. The molecule has 0 saturated heterocycles. The van der Waals surface area contributed by atoms with E-state index in [9.17, 15) is 4.79 Å². The lowest BCUT2D eigenvalue weighted by Crippen LogP contribution is -2.36. The van der Waals surface area contributed by atoms with Crippen molar-refractivity contribution in [1.82, 2.24) is 15.6 Å². The standard InChI is InChI=1S/C15H26N4O2/c1-4-7-17-14(20)12-19(2)15-13(6-5-8-18-15)11-16-9-10-21-3/h5-6,8,16H,4,7,9-12H2,1-3H3,(H,17,20). The molecule has 0 spiro atoms. The summed E-state index contributed by atoms with van der Waals surface area (Å²) in [6.45, 7) is 5.21. The van der Waals surface area contributed by atoms with Crippen LogP contribution < -0.4 is 15.5 Å². The van der Waals surface area contributed by atoms with Gasteiger partial charge in [0.05, 0.1) is 13.2 Å². The first-order valence-corrected chi connectivity index (χ1v) is 7.30. The molecule has 0 aliphatic carbocycles. The van der Waals surface area contributed by atoms with Crippen molar-refractivity contribution in [3.8, 4) is 0 Å². The molecule has 21 heavy (non-hydrogen) atoms. The second-order valence-electron chi connectivity index (χ2n) is 4.86. The Morgan fingerprint density at radius 3 is 2.95 bits per heavy atom. The number of aromatic nitrogens is 1. The first kappa shape index (κ1) is 17.4. The molecule has 0 bridgehead atoms. The van der Waals surface area contributed by atoms with E-state index in [0.29, 0.717) is 26.2 Å². The normalized spacial score (nSPS) is 10.4. The van der Waals surface area contributed by atoms with Crippen LogP contribution in [0.1, 0.15) is 18.9 Å². The molecule has 1 heterocycles. The van der Waals surface area contributed by atoms with Gasteiger partial charge in [-0.1, -0.05) is 13.0 Å². The van der Waals surface area contributed by atoms with Crippen LogP contribution in [0.25, 0.3) is 0 Å². The molecule has 1 aromatic rings. The van der Waals surface area contributed by atoms with Crippen LogP contribution in [0.5, 0.6) is 0 Å². The molecule has 0 aromatic carbocycles. The number of nitrogens with one attached hydrogen (secondary N) is 2. The van der Waals surface area contributed by atoms with Gasteiger partial charge in [0.15, 0.2) is 0 Å². The van der Waals surface area contributed by atoms with Gasteiger partial charge in [-0.2, -0.15) is 0 Å². The van der Waals surface area contributed by atoms with Gasteiger partial charge in [-0.3, -0.25) is 4.79 Å². The zero-order valence-electron chi connectivity index (χ0n) is 13.2. The summed E-state index contributed by atoms with van der Waals surface area (Å²) in [7, 11) is 3.56. The van der Waals surface area contributed by atoms with Crippen LogP contribution in [0.15, 0.2) is 18.3 Å². The predicted molar refractivity (Wildman–Crippen MR) is 84.4 cm³/mol. The number of carbonyl (C=O) groups excluding carboxylic acids is 1. The van der Waals surface area contributed by atoms with Crippen LogP contribution in [-0.4, -0.2) is 51.3 Å². The molecular formula is C15H26N4O2. The van der Waals surface area contributed by atoms with E-state index in [-0.39, 0.29) is 5.91 Å². The van der Waals surface area contributed by atoms with Gasteiger partial charge in [-0.15, -0.1) is 0 Å². The Morgan fingerprint density at radius 2 is 2.24 bits per heavy atom. The van der Waals surface area contributed by atoms with Gasteiger partial charge in [-0.25, -0.2) is 4.98 Å². The first-order valence-electron chi connectivity index (χ1n) is 7.30. The number of hydrogen-bond acceptors (Lipinski definition) is 5. The van der Waals surface area contributed by atoms with Gasteiger partial charge in [0, 0.05) is 45.6 Å². The van der Waals surface area contributed by atoms with E-state index in [1.165, 1.54) is 0 Å². The van der Waals surface area contributed by atoms with E-state index >= 15 is 0 Å². The van der Waals surface area contributed by atoms with Gasteiger partial charge in [-0.05, 0) is 12.5 Å². The molecule has 0 unspecified atom stereocenters. The maximum absolute atomic E-state index is 11.8. The Balaban J connectivity index is 2.57. The predicted octanol–water partition coefficient (Wildman–Crippen LogP) is 0.780. The maximum Gasteiger partial charge on any atom is 0.239 e. The maximum atomic E-state index is 11.8. The van der Waals surface area contributed by atoms with Gasteiger partial charge >= 0.3 is 0 Å². The molecule has 0 radical (unpaired) electrons. The fraction of sp³-hybridized carbons (Fsp3) is 0.600. The van der Waals surface area contributed by atoms with Crippen molar-refractivity contribution in [2.24, 2.45) is 0 Å². The number of nitrogens with zero attached hydrogens (tertiary/aromatic N) is 2. The van der Waals surface area contributed by atoms with E-state index in [1.807, 2.05) is 31.0 Å². The van der Waals surface area contributed by atoms with E-state index in [4.69, 9.17) is 4.74 Å². The molecule has 0 aliphatic heterocycles. The molecule has 1 rings (SSSR count). The van der Waals surface area contributed by atoms with Gasteiger partial charge < -0.3 is 20.3 Å². The number of anilines is 1. The summed E-state index contributed by atoms with van der Waals surface area (Å²) in [5.74, 6) is 0.845. The lowest BCUT2D eigenvalue weighted by Gasteiger charge is -2.20. The number of amides is 1. The Kier molecular flexibility index (Phi) is 8.38. The highest BCUT2D eigenvalue weighted by atomic mass is 16.5. The molecule has 6 nitrogen and oxygen atoms in total. The number of likely N-dealkylation sites (N-methyl/N-ethyl adjacent to an activating group) is 1. The lowest BCUT2D eigenvalue weighted by atomic mass is 10.2. The summed E-state index contributed by atoms with van der Waals surface area (Å²) in [5, 5.41) is 6.17. The van der Waals surface area contributed by atoms with Crippen LogP contribution in [-0.2, 0) is 16.1 Å². The minimum atomic E-state index is 0.0169. The molecule has 0 fully saturated rings. The summed E-state index contributed by atoms with van der Waals surface area (Å²) >= 11 is 0. The van der Waals surface area contributed by atoms with Gasteiger partial charge in [0.1, 0.15) is 5.82 Å². The zero-order chi connectivity index (χ0) is 15.5. The molecule has 0 saturated carbocycles. The van der Waals surface area contributed by atoms with Crippen LogP contribution in [0.4, 0.5) is 5.82 Å². The molecule has 6 heteroatoms. The second-order valence-corrected chi connectivity index (χ2v) is 4.86. The largest absolute Gasteiger partial charge is 0.383 e. The van der Waals surface area contributed by atoms with Crippen molar-refractivity contribution >= 4 is 11.7 Å². The van der Waals surface area contributed by atoms with E-state index in [2.05, 4.69) is 15.6 Å². The highest BCUT2D eigenvalue weighted by molar-refractivity contribution is 5.81. The van der Waals surface area contributed by atoms with Crippen molar-refractivity contribution in [3.63, 3.8) is 0 Å². The smallest absolute Gasteiger partial charge is 0.239 e. The third-order valence-corrected chi connectivity index (χ3v) is 2.98. The van der Waals surface area contributed by atoms with Crippen LogP contribution in [0, 0.1) is 0 Å². The molecule has 0 atom stereocenters. The van der Waals surface area contributed by atoms with Crippen molar-refractivity contribution in [2.45, 2.75) is 19.9 Å². The third kappa shape index (κ3) is 6.55. The minimum Gasteiger partial charge on any atom is -0.383 e. The summed E-state index contributed by atoms with van der Waals surface area (Å²) < 4.78 is 5.01. The Hall–Kier alpha value is -1.66. The van der Waals surface area contributed by atoms with Gasteiger partial charge in [0.25, 0.3) is 0 Å². The molecule has 1 aromatic heterocycles. The first-order chi connectivity index (χ1) is 10.2.